The van der Waals surface area contributed by atoms with E-state index in [-0.39, 0.29) is 0 Å². The fraction of sp³-hybridized carbons (Fsp3) is 0.400. The first kappa shape index (κ1) is 11.4. The van der Waals surface area contributed by atoms with Crippen LogP contribution < -0.4 is 4.90 Å². The average Bonchev–Trinajstić information content (AvgIpc) is 2.88. The van der Waals surface area contributed by atoms with Crippen molar-refractivity contribution in [2.75, 3.05) is 11.9 Å². The molecule has 0 bridgehead atoms. The molecule has 2 aromatic heterocycles. The van der Waals surface area contributed by atoms with Crippen molar-refractivity contribution in [1.29, 1.82) is 0 Å². The third-order valence-electron chi connectivity index (χ3n) is 2.30. The van der Waals surface area contributed by atoms with Gasteiger partial charge in [-0.2, -0.15) is 0 Å². The Labute approximate surface area is 104 Å². The number of aryl methyl sites for hydroxylation is 1. The maximum Gasteiger partial charge on any atom is 0.185 e. The van der Waals surface area contributed by atoms with Crippen LogP contribution in [0.2, 0.25) is 0 Å². The molecular formula is C10H13ClN4S. The molecule has 0 amide bonds. The number of thiazole rings is 1. The number of rotatable bonds is 4. The van der Waals surface area contributed by atoms with Crippen LogP contribution in [0.25, 0.3) is 0 Å². The van der Waals surface area contributed by atoms with Crippen molar-refractivity contribution >= 4 is 28.1 Å². The van der Waals surface area contributed by atoms with E-state index in [0.717, 1.165) is 23.2 Å². The Morgan fingerprint density at radius 3 is 2.94 bits per heavy atom. The third-order valence-corrected chi connectivity index (χ3v) is 3.58. The summed E-state index contributed by atoms with van der Waals surface area (Å²) in [7, 11) is 3.99. The van der Waals surface area contributed by atoms with Crippen LogP contribution in [-0.2, 0) is 19.5 Å². The van der Waals surface area contributed by atoms with Crippen molar-refractivity contribution in [2.45, 2.75) is 12.4 Å². The highest BCUT2D eigenvalue weighted by Crippen LogP contribution is 2.21. The Morgan fingerprint density at radius 2 is 2.38 bits per heavy atom. The van der Waals surface area contributed by atoms with Gasteiger partial charge in [-0.15, -0.1) is 22.9 Å². The van der Waals surface area contributed by atoms with E-state index >= 15 is 0 Å². The van der Waals surface area contributed by atoms with Crippen molar-refractivity contribution in [3.63, 3.8) is 0 Å². The summed E-state index contributed by atoms with van der Waals surface area (Å²) in [6.45, 7) is 0.749. The van der Waals surface area contributed by atoms with Gasteiger partial charge in [0.05, 0.1) is 18.1 Å². The predicted molar refractivity (Wildman–Crippen MR) is 67.0 cm³/mol. The minimum atomic E-state index is 0.465. The van der Waals surface area contributed by atoms with Gasteiger partial charge in [0.1, 0.15) is 5.82 Å². The number of hydrogen-bond donors (Lipinski definition) is 0. The van der Waals surface area contributed by atoms with Crippen LogP contribution in [0.15, 0.2) is 17.8 Å². The fourth-order valence-electron chi connectivity index (χ4n) is 1.36. The molecule has 16 heavy (non-hydrogen) atoms. The van der Waals surface area contributed by atoms with E-state index in [1.165, 1.54) is 0 Å². The smallest absolute Gasteiger partial charge is 0.185 e. The largest absolute Gasteiger partial charge is 0.344 e. The highest BCUT2D eigenvalue weighted by atomic mass is 35.5. The van der Waals surface area contributed by atoms with Crippen LogP contribution in [0.3, 0.4) is 0 Å². The maximum atomic E-state index is 5.72. The quantitative estimate of drug-likeness (QED) is 0.787. The lowest BCUT2D eigenvalue weighted by Gasteiger charge is -2.14. The van der Waals surface area contributed by atoms with E-state index in [2.05, 4.69) is 14.9 Å². The van der Waals surface area contributed by atoms with E-state index in [4.69, 9.17) is 11.6 Å². The second-order valence-electron chi connectivity index (χ2n) is 3.57. The molecule has 0 spiro atoms. The molecule has 0 unspecified atom stereocenters. The second-order valence-corrected chi connectivity index (χ2v) is 4.67. The van der Waals surface area contributed by atoms with Crippen molar-refractivity contribution in [1.82, 2.24) is 14.5 Å². The average molecular weight is 257 g/mol. The van der Waals surface area contributed by atoms with Crippen molar-refractivity contribution in [2.24, 2.45) is 7.05 Å². The van der Waals surface area contributed by atoms with Crippen LogP contribution >= 0.6 is 22.9 Å². The summed E-state index contributed by atoms with van der Waals surface area (Å²) in [6, 6.07) is 0. The Morgan fingerprint density at radius 1 is 1.56 bits per heavy atom. The lowest BCUT2D eigenvalue weighted by molar-refractivity contribution is 0.759. The van der Waals surface area contributed by atoms with Gasteiger partial charge in [-0.25, -0.2) is 9.97 Å². The minimum Gasteiger partial charge on any atom is -0.344 e. The molecule has 2 aromatic rings. The van der Waals surface area contributed by atoms with Crippen LogP contribution in [0.1, 0.15) is 11.5 Å². The van der Waals surface area contributed by atoms with Crippen molar-refractivity contribution in [3.05, 3.63) is 29.3 Å². The standard InChI is InChI=1S/C10H13ClN4S/c1-14-4-3-12-9(14)6-15(2)10-13-8(5-11)7-16-10/h3-4,7H,5-6H2,1-2H3. The first-order valence-electron chi connectivity index (χ1n) is 4.88. The monoisotopic (exact) mass is 256 g/mol. The third kappa shape index (κ3) is 2.36. The van der Waals surface area contributed by atoms with Gasteiger partial charge in [-0.05, 0) is 0 Å². The summed E-state index contributed by atoms with van der Waals surface area (Å²) in [5.74, 6) is 1.48. The summed E-state index contributed by atoms with van der Waals surface area (Å²) < 4.78 is 2.01. The molecule has 4 nitrogen and oxygen atoms in total. The molecule has 6 heteroatoms. The number of hydrogen-bond acceptors (Lipinski definition) is 4. The number of halogens is 1. The van der Waals surface area contributed by atoms with Gasteiger partial charge in [0.25, 0.3) is 0 Å². The number of nitrogens with zero attached hydrogens (tertiary/aromatic N) is 4. The molecule has 0 saturated carbocycles. The number of anilines is 1. The summed E-state index contributed by atoms with van der Waals surface area (Å²) >= 11 is 7.33. The molecule has 0 N–H and O–H groups in total. The molecule has 0 radical (unpaired) electrons. The number of aromatic nitrogens is 3. The van der Waals surface area contributed by atoms with Gasteiger partial charge in [-0.1, -0.05) is 0 Å². The molecular weight excluding hydrogens is 244 g/mol. The van der Waals surface area contributed by atoms with Crippen LogP contribution in [0.5, 0.6) is 0 Å². The first-order valence-corrected chi connectivity index (χ1v) is 6.30. The highest BCUT2D eigenvalue weighted by molar-refractivity contribution is 7.13. The molecule has 0 fully saturated rings. The van der Waals surface area contributed by atoms with Gasteiger partial charge in [0, 0.05) is 31.9 Å². The van der Waals surface area contributed by atoms with Gasteiger partial charge in [-0.3, -0.25) is 0 Å². The molecule has 2 rings (SSSR count). The molecule has 0 atom stereocenters. The summed E-state index contributed by atoms with van der Waals surface area (Å²) in [6.07, 6.45) is 3.74. The summed E-state index contributed by atoms with van der Waals surface area (Å²) in [5.41, 5.74) is 0.924. The topological polar surface area (TPSA) is 34.0 Å². The molecule has 0 aliphatic rings. The Kier molecular flexibility index (Phi) is 3.46. The summed E-state index contributed by atoms with van der Waals surface area (Å²) in [4.78, 5) is 10.8. The molecule has 0 aromatic carbocycles. The number of imidazole rings is 1. The normalized spacial score (nSPS) is 10.7. The van der Waals surface area contributed by atoms with E-state index < -0.39 is 0 Å². The van der Waals surface area contributed by atoms with Crippen LogP contribution in [0, 0.1) is 0 Å². The molecule has 86 valence electrons. The van der Waals surface area contributed by atoms with E-state index in [1.807, 2.05) is 30.2 Å². The maximum absolute atomic E-state index is 5.72. The zero-order chi connectivity index (χ0) is 11.5. The predicted octanol–water partition coefficient (Wildman–Crippen LogP) is 2.25. The molecule has 0 aliphatic heterocycles. The highest BCUT2D eigenvalue weighted by Gasteiger charge is 2.09. The van der Waals surface area contributed by atoms with E-state index in [1.54, 1.807) is 17.5 Å². The number of alkyl halides is 1. The second kappa shape index (κ2) is 4.84. The van der Waals surface area contributed by atoms with Crippen LogP contribution in [-0.4, -0.2) is 21.6 Å². The SMILES string of the molecule is CN(Cc1nccn1C)c1nc(CCl)cs1. The van der Waals surface area contributed by atoms with Gasteiger partial charge < -0.3 is 9.47 Å². The first-order chi connectivity index (χ1) is 7.70. The Bertz CT molecular complexity index is 465. The lowest BCUT2D eigenvalue weighted by Crippen LogP contribution is -2.18. The van der Waals surface area contributed by atoms with Crippen molar-refractivity contribution < 1.29 is 0 Å². The van der Waals surface area contributed by atoms with Gasteiger partial charge >= 0.3 is 0 Å². The van der Waals surface area contributed by atoms with E-state index in [9.17, 15) is 0 Å². The molecule has 2 heterocycles. The zero-order valence-corrected chi connectivity index (χ0v) is 10.8. The van der Waals surface area contributed by atoms with Gasteiger partial charge in [0.2, 0.25) is 0 Å². The summed E-state index contributed by atoms with van der Waals surface area (Å²) in [5, 5.41) is 2.95. The molecule has 0 saturated heterocycles. The minimum absolute atomic E-state index is 0.465. The van der Waals surface area contributed by atoms with Gasteiger partial charge in [0.15, 0.2) is 5.13 Å². The zero-order valence-electron chi connectivity index (χ0n) is 9.22. The van der Waals surface area contributed by atoms with Crippen molar-refractivity contribution in [3.8, 4) is 0 Å². The Hall–Kier alpha value is -1.07. The van der Waals surface area contributed by atoms with E-state index in [0.29, 0.717) is 5.88 Å². The van der Waals surface area contributed by atoms with Crippen LogP contribution in [0.4, 0.5) is 5.13 Å². The fourth-order valence-corrected chi connectivity index (χ4v) is 2.38. The lowest BCUT2D eigenvalue weighted by atomic mass is 10.5. The molecule has 0 aliphatic carbocycles. The Balaban J connectivity index is 2.08.